The molecular formula is C15H33NO2. The molecule has 0 saturated heterocycles. The largest absolute Gasteiger partial charge is 0.393 e. The molecule has 3 heteroatoms. The number of rotatable bonds is 10. The molecule has 18 heavy (non-hydrogen) atoms. The van der Waals surface area contributed by atoms with Gasteiger partial charge in [0.1, 0.15) is 0 Å². The molecule has 0 aromatic carbocycles. The minimum Gasteiger partial charge on any atom is -0.393 e. The average molecular weight is 259 g/mol. The van der Waals surface area contributed by atoms with Gasteiger partial charge < -0.3 is 15.2 Å². The summed E-state index contributed by atoms with van der Waals surface area (Å²) >= 11 is 0. The monoisotopic (exact) mass is 259 g/mol. The van der Waals surface area contributed by atoms with Crippen LogP contribution in [0.4, 0.5) is 0 Å². The fourth-order valence-corrected chi connectivity index (χ4v) is 2.41. The maximum absolute atomic E-state index is 9.81. The van der Waals surface area contributed by atoms with E-state index >= 15 is 0 Å². The van der Waals surface area contributed by atoms with E-state index < -0.39 is 0 Å². The van der Waals surface area contributed by atoms with Crippen LogP contribution in [0.15, 0.2) is 0 Å². The summed E-state index contributed by atoms with van der Waals surface area (Å²) in [6.45, 7) is 14.3. The molecular weight excluding hydrogens is 226 g/mol. The van der Waals surface area contributed by atoms with Gasteiger partial charge in [-0.1, -0.05) is 20.8 Å². The van der Waals surface area contributed by atoms with Gasteiger partial charge in [-0.3, -0.25) is 0 Å². The van der Waals surface area contributed by atoms with Gasteiger partial charge in [-0.25, -0.2) is 0 Å². The molecule has 0 aromatic heterocycles. The minimum atomic E-state index is -0.219. The van der Waals surface area contributed by atoms with Crippen LogP contribution in [0.1, 0.15) is 53.9 Å². The van der Waals surface area contributed by atoms with Crippen molar-refractivity contribution in [3.8, 4) is 0 Å². The first kappa shape index (κ1) is 17.9. The molecule has 0 radical (unpaired) electrons. The predicted molar refractivity (Wildman–Crippen MR) is 77.8 cm³/mol. The predicted octanol–water partition coefficient (Wildman–Crippen LogP) is 2.83. The molecule has 0 rings (SSSR count). The van der Waals surface area contributed by atoms with Crippen molar-refractivity contribution in [2.45, 2.75) is 60.0 Å². The minimum absolute atomic E-state index is 0.184. The molecule has 0 aromatic rings. The van der Waals surface area contributed by atoms with Gasteiger partial charge in [0.15, 0.2) is 0 Å². The van der Waals surface area contributed by atoms with Crippen LogP contribution in [-0.4, -0.2) is 37.5 Å². The Bertz CT molecular complexity index is 187. The second-order valence-corrected chi connectivity index (χ2v) is 6.16. The van der Waals surface area contributed by atoms with Crippen LogP contribution in [0, 0.1) is 11.3 Å². The molecule has 0 spiro atoms. The Labute approximate surface area is 113 Å². The highest BCUT2D eigenvalue weighted by Gasteiger charge is 2.27. The zero-order chi connectivity index (χ0) is 14.0. The van der Waals surface area contributed by atoms with E-state index in [4.69, 9.17) is 4.74 Å². The molecule has 0 aliphatic heterocycles. The molecule has 0 amide bonds. The normalized spacial score (nSPS) is 15.7. The Hall–Kier alpha value is -0.120. The number of hydrogen-bond donors (Lipinski definition) is 2. The van der Waals surface area contributed by atoms with Gasteiger partial charge in [0.05, 0.1) is 6.10 Å². The third-order valence-electron chi connectivity index (χ3n) is 3.41. The Morgan fingerprint density at radius 3 is 2.28 bits per heavy atom. The van der Waals surface area contributed by atoms with E-state index in [0.29, 0.717) is 5.92 Å². The summed E-state index contributed by atoms with van der Waals surface area (Å²) in [4.78, 5) is 0. The number of aliphatic hydroxyl groups excluding tert-OH is 1. The first-order chi connectivity index (χ1) is 8.39. The Balaban J connectivity index is 3.57. The topological polar surface area (TPSA) is 41.5 Å². The summed E-state index contributed by atoms with van der Waals surface area (Å²) in [5.41, 5.74) is 0.184. The van der Waals surface area contributed by atoms with Crippen LogP contribution in [0.5, 0.6) is 0 Å². The molecule has 2 atom stereocenters. The van der Waals surface area contributed by atoms with Gasteiger partial charge in [-0.15, -0.1) is 0 Å². The van der Waals surface area contributed by atoms with Crippen molar-refractivity contribution in [3.63, 3.8) is 0 Å². The molecule has 0 fully saturated rings. The van der Waals surface area contributed by atoms with E-state index in [9.17, 15) is 5.11 Å². The zero-order valence-electron chi connectivity index (χ0n) is 13.0. The summed E-state index contributed by atoms with van der Waals surface area (Å²) < 4.78 is 5.28. The highest BCUT2D eigenvalue weighted by atomic mass is 16.5. The van der Waals surface area contributed by atoms with Gasteiger partial charge >= 0.3 is 0 Å². The highest BCUT2D eigenvalue weighted by molar-refractivity contribution is 4.78. The van der Waals surface area contributed by atoms with E-state index in [2.05, 4.69) is 26.1 Å². The first-order valence-corrected chi connectivity index (χ1v) is 7.36. The number of hydrogen-bond acceptors (Lipinski definition) is 3. The molecule has 0 saturated carbocycles. The molecule has 0 aliphatic carbocycles. The maximum Gasteiger partial charge on any atom is 0.0545 e. The lowest BCUT2D eigenvalue weighted by Crippen LogP contribution is -2.31. The average Bonchev–Trinajstić information content (AvgIpc) is 2.24. The molecule has 0 heterocycles. The molecule has 2 N–H and O–H groups in total. The summed E-state index contributed by atoms with van der Waals surface area (Å²) in [5.74, 6) is 0.378. The standard InChI is InChI=1S/C15H33NO2/c1-6-18-12-8-11-16-10-7-9-14(13(2)17)15(3,4)5/h13-14,16-17H,6-12H2,1-5H3. The highest BCUT2D eigenvalue weighted by Crippen LogP contribution is 2.32. The van der Waals surface area contributed by atoms with E-state index in [-0.39, 0.29) is 11.5 Å². The molecule has 0 aliphatic rings. The van der Waals surface area contributed by atoms with Crippen molar-refractivity contribution in [3.05, 3.63) is 0 Å². The molecule has 0 bridgehead atoms. The van der Waals surface area contributed by atoms with Crippen LogP contribution in [0.25, 0.3) is 0 Å². The fourth-order valence-electron chi connectivity index (χ4n) is 2.41. The van der Waals surface area contributed by atoms with Crippen LogP contribution in [0.3, 0.4) is 0 Å². The number of nitrogens with one attached hydrogen (secondary N) is 1. The Morgan fingerprint density at radius 2 is 1.78 bits per heavy atom. The van der Waals surface area contributed by atoms with E-state index in [0.717, 1.165) is 45.6 Å². The fraction of sp³-hybridized carbons (Fsp3) is 1.00. The van der Waals surface area contributed by atoms with Crippen molar-refractivity contribution in [2.75, 3.05) is 26.3 Å². The second kappa shape index (κ2) is 9.76. The molecule has 3 nitrogen and oxygen atoms in total. The van der Waals surface area contributed by atoms with Crippen molar-refractivity contribution in [2.24, 2.45) is 11.3 Å². The first-order valence-electron chi connectivity index (χ1n) is 7.36. The number of aliphatic hydroxyl groups is 1. The summed E-state index contributed by atoms with van der Waals surface area (Å²) in [6.07, 6.45) is 3.07. The third kappa shape index (κ3) is 8.90. The summed E-state index contributed by atoms with van der Waals surface area (Å²) in [7, 11) is 0. The van der Waals surface area contributed by atoms with Gasteiger partial charge in [-0.2, -0.15) is 0 Å². The SMILES string of the molecule is CCOCCCNCCCC(C(C)O)C(C)(C)C. The Kier molecular flexibility index (Phi) is 9.70. The molecule has 2 unspecified atom stereocenters. The summed E-state index contributed by atoms with van der Waals surface area (Å²) in [5, 5.41) is 13.2. The van der Waals surface area contributed by atoms with Gasteiger partial charge in [0.25, 0.3) is 0 Å². The van der Waals surface area contributed by atoms with Gasteiger partial charge in [0.2, 0.25) is 0 Å². The second-order valence-electron chi connectivity index (χ2n) is 6.16. The lowest BCUT2D eigenvalue weighted by Gasteiger charge is -2.33. The Morgan fingerprint density at radius 1 is 1.17 bits per heavy atom. The summed E-state index contributed by atoms with van der Waals surface area (Å²) in [6, 6.07) is 0. The van der Waals surface area contributed by atoms with E-state index in [1.54, 1.807) is 0 Å². The third-order valence-corrected chi connectivity index (χ3v) is 3.41. The number of ether oxygens (including phenoxy) is 1. The van der Waals surface area contributed by atoms with Crippen LogP contribution in [0.2, 0.25) is 0 Å². The van der Waals surface area contributed by atoms with Crippen molar-refractivity contribution >= 4 is 0 Å². The lowest BCUT2D eigenvalue weighted by molar-refractivity contribution is 0.0492. The smallest absolute Gasteiger partial charge is 0.0545 e. The zero-order valence-corrected chi connectivity index (χ0v) is 13.0. The van der Waals surface area contributed by atoms with Crippen molar-refractivity contribution < 1.29 is 9.84 Å². The van der Waals surface area contributed by atoms with E-state index in [1.807, 2.05) is 13.8 Å². The van der Waals surface area contributed by atoms with Crippen molar-refractivity contribution in [1.29, 1.82) is 0 Å². The van der Waals surface area contributed by atoms with Crippen molar-refractivity contribution in [1.82, 2.24) is 5.32 Å². The lowest BCUT2D eigenvalue weighted by atomic mass is 9.75. The van der Waals surface area contributed by atoms with Crippen LogP contribution in [-0.2, 0) is 4.74 Å². The van der Waals surface area contributed by atoms with Gasteiger partial charge in [-0.05, 0) is 57.5 Å². The quantitative estimate of drug-likeness (QED) is 0.593. The molecule has 110 valence electrons. The van der Waals surface area contributed by atoms with Crippen LogP contribution < -0.4 is 5.32 Å². The van der Waals surface area contributed by atoms with E-state index in [1.165, 1.54) is 0 Å². The van der Waals surface area contributed by atoms with Crippen LogP contribution >= 0.6 is 0 Å². The van der Waals surface area contributed by atoms with Gasteiger partial charge in [0, 0.05) is 13.2 Å². The maximum atomic E-state index is 9.81.